The molecule has 1 spiro atoms. The first kappa shape index (κ1) is 17.1. The Morgan fingerprint density at radius 3 is 2.78 bits per heavy atom. The van der Waals surface area contributed by atoms with Gasteiger partial charge in [-0.25, -0.2) is 0 Å². The summed E-state index contributed by atoms with van der Waals surface area (Å²) in [7, 11) is 0. The van der Waals surface area contributed by atoms with Gasteiger partial charge < -0.3 is 15.5 Å². The van der Waals surface area contributed by atoms with Crippen LogP contribution < -0.4 is 10.6 Å². The lowest BCUT2D eigenvalue weighted by Crippen LogP contribution is -2.46. The van der Waals surface area contributed by atoms with Crippen LogP contribution >= 0.6 is 0 Å². The van der Waals surface area contributed by atoms with Gasteiger partial charge in [-0.2, -0.15) is 0 Å². The SMILES string of the molecule is O=C(C1CC2(CCNCC2)CN1)N1CCC(c2nnc3ccccn23)CC1. The van der Waals surface area contributed by atoms with Gasteiger partial charge >= 0.3 is 0 Å². The lowest BCUT2D eigenvalue weighted by atomic mass is 9.77. The zero-order chi connectivity index (χ0) is 18.3. The van der Waals surface area contributed by atoms with Crippen molar-refractivity contribution in [1.29, 1.82) is 0 Å². The fourth-order valence-electron chi connectivity index (χ4n) is 5.15. The molecular formula is C20H28N6O. The third kappa shape index (κ3) is 3.12. The highest BCUT2D eigenvalue weighted by molar-refractivity contribution is 5.82. The van der Waals surface area contributed by atoms with Crippen LogP contribution in [0.1, 0.15) is 43.8 Å². The van der Waals surface area contributed by atoms with Gasteiger partial charge in [0.25, 0.3) is 0 Å². The molecule has 1 amide bonds. The molecule has 5 heterocycles. The Kier molecular flexibility index (Phi) is 4.36. The third-order valence-electron chi connectivity index (χ3n) is 6.83. The molecule has 1 unspecified atom stereocenters. The third-order valence-corrected chi connectivity index (χ3v) is 6.83. The largest absolute Gasteiger partial charge is 0.341 e. The van der Waals surface area contributed by atoms with Crippen molar-refractivity contribution >= 4 is 11.6 Å². The number of rotatable bonds is 2. The van der Waals surface area contributed by atoms with E-state index in [0.29, 0.717) is 17.2 Å². The van der Waals surface area contributed by atoms with Gasteiger partial charge in [0, 0.05) is 31.7 Å². The summed E-state index contributed by atoms with van der Waals surface area (Å²) in [6, 6.07) is 5.99. The second kappa shape index (κ2) is 6.87. The lowest BCUT2D eigenvalue weighted by molar-refractivity contribution is -0.134. The minimum Gasteiger partial charge on any atom is -0.341 e. The molecule has 7 heteroatoms. The number of hydrogen-bond donors (Lipinski definition) is 2. The molecule has 27 heavy (non-hydrogen) atoms. The van der Waals surface area contributed by atoms with E-state index in [9.17, 15) is 4.79 Å². The summed E-state index contributed by atoms with van der Waals surface area (Å²) >= 11 is 0. The Bertz CT molecular complexity index is 819. The number of carbonyl (C=O) groups excluding carboxylic acids is 1. The number of amides is 1. The van der Waals surface area contributed by atoms with Gasteiger partial charge in [0.2, 0.25) is 5.91 Å². The van der Waals surface area contributed by atoms with Crippen LogP contribution in [0, 0.1) is 5.41 Å². The predicted octanol–water partition coefficient (Wildman–Crippen LogP) is 1.17. The molecule has 2 aromatic heterocycles. The molecule has 3 fully saturated rings. The van der Waals surface area contributed by atoms with Gasteiger partial charge in [-0.1, -0.05) is 6.07 Å². The topological polar surface area (TPSA) is 74.6 Å². The number of nitrogens with zero attached hydrogens (tertiary/aromatic N) is 4. The number of piperidine rings is 2. The quantitative estimate of drug-likeness (QED) is 0.832. The van der Waals surface area contributed by atoms with E-state index in [1.165, 1.54) is 12.8 Å². The second-order valence-electron chi connectivity index (χ2n) is 8.47. The van der Waals surface area contributed by atoms with E-state index in [1.807, 2.05) is 24.4 Å². The highest BCUT2D eigenvalue weighted by Gasteiger charge is 2.43. The van der Waals surface area contributed by atoms with Crippen molar-refractivity contribution in [2.24, 2.45) is 5.41 Å². The molecule has 0 bridgehead atoms. The fraction of sp³-hybridized carbons (Fsp3) is 0.650. The number of hydrogen-bond acceptors (Lipinski definition) is 5. The van der Waals surface area contributed by atoms with Crippen LogP contribution in [0.3, 0.4) is 0 Å². The highest BCUT2D eigenvalue weighted by Crippen LogP contribution is 2.38. The summed E-state index contributed by atoms with van der Waals surface area (Å²) in [5.74, 6) is 1.71. The van der Waals surface area contributed by atoms with Crippen LogP contribution in [-0.4, -0.2) is 64.2 Å². The van der Waals surface area contributed by atoms with Crippen molar-refractivity contribution in [2.75, 3.05) is 32.7 Å². The molecule has 3 aliphatic heterocycles. The predicted molar refractivity (Wildman–Crippen MR) is 102 cm³/mol. The van der Waals surface area contributed by atoms with Crippen molar-refractivity contribution in [2.45, 2.75) is 44.1 Å². The molecule has 7 nitrogen and oxygen atoms in total. The summed E-state index contributed by atoms with van der Waals surface area (Å²) in [5.41, 5.74) is 1.23. The minimum absolute atomic E-state index is 0.00794. The van der Waals surface area contributed by atoms with Gasteiger partial charge in [0.05, 0.1) is 6.04 Å². The molecule has 5 rings (SSSR count). The monoisotopic (exact) mass is 368 g/mol. The number of aromatic nitrogens is 3. The normalized spacial score (nSPS) is 26.1. The lowest BCUT2D eigenvalue weighted by Gasteiger charge is -2.34. The molecule has 0 aliphatic carbocycles. The molecule has 2 N–H and O–H groups in total. The van der Waals surface area contributed by atoms with E-state index < -0.39 is 0 Å². The molecular weight excluding hydrogens is 340 g/mol. The van der Waals surface area contributed by atoms with Crippen LogP contribution in [0.2, 0.25) is 0 Å². The zero-order valence-corrected chi connectivity index (χ0v) is 15.7. The van der Waals surface area contributed by atoms with E-state index in [1.54, 1.807) is 0 Å². The molecule has 0 aromatic carbocycles. The molecule has 2 aromatic rings. The summed E-state index contributed by atoms with van der Waals surface area (Å²) in [5, 5.41) is 15.7. The maximum absolute atomic E-state index is 13.0. The van der Waals surface area contributed by atoms with Crippen molar-refractivity contribution < 1.29 is 4.79 Å². The Morgan fingerprint density at radius 2 is 1.96 bits per heavy atom. The van der Waals surface area contributed by atoms with Crippen LogP contribution in [0.15, 0.2) is 24.4 Å². The van der Waals surface area contributed by atoms with Crippen LogP contribution in [-0.2, 0) is 4.79 Å². The molecule has 0 radical (unpaired) electrons. The smallest absolute Gasteiger partial charge is 0.239 e. The first-order chi connectivity index (χ1) is 13.2. The first-order valence-corrected chi connectivity index (χ1v) is 10.3. The number of fused-ring (bicyclic) bond motifs is 1. The Labute approximate surface area is 159 Å². The van der Waals surface area contributed by atoms with Crippen LogP contribution in [0.5, 0.6) is 0 Å². The molecule has 1 atom stereocenters. The first-order valence-electron chi connectivity index (χ1n) is 10.3. The average Bonchev–Trinajstić information content (AvgIpc) is 3.33. The van der Waals surface area contributed by atoms with Gasteiger partial charge in [-0.3, -0.25) is 9.20 Å². The summed E-state index contributed by atoms with van der Waals surface area (Å²) in [4.78, 5) is 15.1. The van der Waals surface area contributed by atoms with E-state index in [4.69, 9.17) is 0 Å². The average molecular weight is 368 g/mol. The van der Waals surface area contributed by atoms with Crippen molar-refractivity contribution in [3.8, 4) is 0 Å². The second-order valence-corrected chi connectivity index (χ2v) is 8.47. The Morgan fingerprint density at radius 1 is 1.15 bits per heavy atom. The minimum atomic E-state index is 0.00794. The number of nitrogens with one attached hydrogen (secondary N) is 2. The van der Waals surface area contributed by atoms with Crippen molar-refractivity contribution in [3.63, 3.8) is 0 Å². The maximum atomic E-state index is 13.0. The summed E-state index contributed by atoms with van der Waals surface area (Å²) in [6.07, 6.45) is 7.33. The zero-order valence-electron chi connectivity index (χ0n) is 15.7. The fourth-order valence-corrected chi connectivity index (χ4v) is 5.15. The standard InChI is InChI=1S/C20H28N6O/c27-19(16-13-20(14-22-16)6-8-21-9-7-20)25-11-4-15(5-12-25)18-24-23-17-3-1-2-10-26(17)18/h1-3,10,15-16,21-22H,4-9,11-14H2. The number of pyridine rings is 1. The van der Waals surface area contributed by atoms with Gasteiger partial charge in [-0.05, 0) is 62.7 Å². The van der Waals surface area contributed by atoms with Gasteiger partial charge in [0.1, 0.15) is 5.82 Å². The molecule has 3 aliphatic rings. The van der Waals surface area contributed by atoms with Crippen LogP contribution in [0.25, 0.3) is 5.65 Å². The Hall–Kier alpha value is -1.99. The Balaban J connectivity index is 1.21. The summed E-state index contributed by atoms with van der Waals surface area (Å²) in [6.45, 7) is 4.80. The molecule has 3 saturated heterocycles. The molecule has 0 saturated carbocycles. The molecule has 144 valence electrons. The highest BCUT2D eigenvalue weighted by atomic mass is 16.2. The van der Waals surface area contributed by atoms with Crippen molar-refractivity contribution in [3.05, 3.63) is 30.2 Å². The van der Waals surface area contributed by atoms with E-state index >= 15 is 0 Å². The van der Waals surface area contributed by atoms with Gasteiger partial charge in [-0.15, -0.1) is 10.2 Å². The maximum Gasteiger partial charge on any atom is 0.239 e. The van der Waals surface area contributed by atoms with E-state index in [2.05, 4.69) is 30.1 Å². The van der Waals surface area contributed by atoms with Crippen LogP contribution in [0.4, 0.5) is 0 Å². The van der Waals surface area contributed by atoms with Gasteiger partial charge in [0.15, 0.2) is 5.65 Å². The number of carbonyl (C=O) groups is 1. The summed E-state index contributed by atoms with van der Waals surface area (Å²) < 4.78 is 2.08. The van der Waals surface area contributed by atoms with E-state index in [0.717, 1.165) is 63.5 Å². The van der Waals surface area contributed by atoms with Crippen molar-refractivity contribution in [1.82, 2.24) is 30.1 Å². The van der Waals surface area contributed by atoms with E-state index in [-0.39, 0.29) is 6.04 Å². The number of likely N-dealkylation sites (tertiary alicyclic amines) is 1.